The van der Waals surface area contributed by atoms with E-state index in [1.807, 2.05) is 25.1 Å². The van der Waals surface area contributed by atoms with Crippen molar-refractivity contribution in [3.8, 4) is 0 Å². The fourth-order valence-corrected chi connectivity index (χ4v) is 4.09. The van der Waals surface area contributed by atoms with E-state index in [4.69, 9.17) is 4.74 Å². The molecule has 1 aliphatic rings. The fourth-order valence-electron chi connectivity index (χ4n) is 1.58. The van der Waals surface area contributed by atoms with Crippen LogP contribution in [0.25, 0.3) is 0 Å². The molecule has 2 nitrogen and oxygen atoms in total. The van der Waals surface area contributed by atoms with Crippen molar-refractivity contribution in [1.82, 2.24) is 0 Å². The molecule has 15 heavy (non-hydrogen) atoms. The summed E-state index contributed by atoms with van der Waals surface area (Å²) >= 11 is 0.154. The van der Waals surface area contributed by atoms with E-state index in [0.29, 0.717) is 12.5 Å². The molecule has 0 unspecified atom stereocenters. The van der Waals surface area contributed by atoms with Crippen LogP contribution in [0, 0.1) is 5.92 Å². The zero-order valence-electron chi connectivity index (χ0n) is 8.90. The van der Waals surface area contributed by atoms with Crippen molar-refractivity contribution in [2.24, 2.45) is 5.92 Å². The molecule has 1 aromatic rings. The molecule has 1 heterocycles. The summed E-state index contributed by atoms with van der Waals surface area (Å²) < 4.78 is 6.11. The maximum atomic E-state index is 11.7. The van der Waals surface area contributed by atoms with Gasteiger partial charge in [0.1, 0.15) is 0 Å². The minimum atomic E-state index is -0.283. The number of ether oxygens (including phenoxy) is 1. The number of carbonyl (C=O) groups is 1. The first-order valence-electron chi connectivity index (χ1n) is 5.04. The molecule has 0 bridgehead atoms. The van der Waals surface area contributed by atoms with E-state index in [2.05, 4.69) is 19.1 Å². The molecule has 80 valence electrons. The monoisotopic (exact) mass is 270 g/mol. The topological polar surface area (TPSA) is 26.3 Å². The van der Waals surface area contributed by atoms with Gasteiger partial charge < -0.3 is 0 Å². The Bertz CT molecular complexity index is 363. The average Bonchev–Trinajstić information content (AvgIpc) is 2.48. The zero-order valence-corrected chi connectivity index (χ0v) is 10.6. The van der Waals surface area contributed by atoms with E-state index in [-0.39, 0.29) is 25.2 Å². The second kappa shape index (κ2) is 3.99. The van der Waals surface area contributed by atoms with Crippen molar-refractivity contribution in [1.29, 1.82) is 0 Å². The van der Waals surface area contributed by atoms with Crippen molar-refractivity contribution in [3.05, 3.63) is 30.3 Å². The van der Waals surface area contributed by atoms with Gasteiger partial charge in [0.25, 0.3) is 0 Å². The van der Waals surface area contributed by atoms with E-state index in [1.54, 1.807) is 0 Å². The van der Waals surface area contributed by atoms with Gasteiger partial charge in [-0.15, -0.1) is 0 Å². The number of rotatable bonds is 2. The molecule has 1 aliphatic heterocycles. The van der Waals surface area contributed by atoms with E-state index in [1.165, 1.54) is 4.46 Å². The fraction of sp³-hybridized carbons (Fsp3) is 0.417. The summed E-state index contributed by atoms with van der Waals surface area (Å²) in [5.74, 6) is 0.295. The van der Waals surface area contributed by atoms with Crippen molar-refractivity contribution in [2.75, 3.05) is 6.61 Å². The van der Waals surface area contributed by atoms with Crippen LogP contribution in [0.4, 0.5) is 0 Å². The second-order valence-corrected chi connectivity index (χ2v) is 7.22. The number of benzene rings is 1. The second-order valence-electron chi connectivity index (χ2n) is 4.02. The van der Waals surface area contributed by atoms with Gasteiger partial charge in [0.2, 0.25) is 0 Å². The van der Waals surface area contributed by atoms with Gasteiger partial charge in [-0.3, -0.25) is 0 Å². The average molecular weight is 269 g/mol. The number of hydrogen-bond donors (Lipinski definition) is 0. The van der Waals surface area contributed by atoms with Gasteiger partial charge in [0, 0.05) is 0 Å². The summed E-state index contributed by atoms with van der Waals surface area (Å²) in [6, 6.07) is 10.2. The number of esters is 1. The van der Waals surface area contributed by atoms with Crippen molar-refractivity contribution < 1.29 is 9.53 Å². The molecule has 3 heteroatoms. The molecule has 0 spiro atoms. The van der Waals surface area contributed by atoms with Crippen LogP contribution >= 0.6 is 0 Å². The van der Waals surface area contributed by atoms with Crippen LogP contribution in [0.1, 0.15) is 13.8 Å². The number of hydrogen-bond acceptors (Lipinski definition) is 2. The minimum absolute atomic E-state index is 0.0288. The van der Waals surface area contributed by atoms with Gasteiger partial charge in [-0.25, -0.2) is 0 Å². The van der Waals surface area contributed by atoms with Crippen LogP contribution in [0.3, 0.4) is 0 Å². The Morgan fingerprint density at radius 1 is 1.40 bits per heavy atom. The Morgan fingerprint density at radius 2 is 2.07 bits per heavy atom. The Kier molecular flexibility index (Phi) is 2.85. The maximum absolute atomic E-state index is 11.7. The first-order chi connectivity index (χ1) is 7.13. The molecule has 1 saturated heterocycles. The molecule has 0 saturated carbocycles. The van der Waals surface area contributed by atoms with Crippen LogP contribution < -0.4 is 4.46 Å². The van der Waals surface area contributed by atoms with Gasteiger partial charge in [-0.1, -0.05) is 0 Å². The molecular weight excluding hydrogens is 255 g/mol. The molecule has 0 N–H and O–H groups in total. The third-order valence-electron chi connectivity index (χ3n) is 2.88. The van der Waals surface area contributed by atoms with E-state index >= 15 is 0 Å². The van der Waals surface area contributed by atoms with Crippen LogP contribution in [-0.4, -0.2) is 27.5 Å². The molecule has 1 fully saturated rings. The molecule has 0 aliphatic carbocycles. The standard InChI is InChI=1S/C12H14O2Se/c1-9-8-14-11(13)12(9,2)15-10-6-4-3-5-7-10/h3-7,9H,8H2,1-2H3/t9-,12+/m1/s1. The van der Waals surface area contributed by atoms with Gasteiger partial charge in [-0.2, -0.15) is 0 Å². The predicted molar refractivity (Wildman–Crippen MR) is 60.3 cm³/mol. The van der Waals surface area contributed by atoms with Crippen molar-refractivity contribution in [3.63, 3.8) is 0 Å². The number of cyclic esters (lactones) is 1. The van der Waals surface area contributed by atoms with Gasteiger partial charge in [-0.05, 0) is 0 Å². The number of carbonyl (C=O) groups excluding carboxylic acids is 1. The molecule has 0 amide bonds. The third-order valence-corrected chi connectivity index (χ3v) is 6.03. The predicted octanol–water partition coefficient (Wildman–Crippen LogP) is 1.39. The summed E-state index contributed by atoms with van der Waals surface area (Å²) in [5.41, 5.74) is 0. The summed E-state index contributed by atoms with van der Waals surface area (Å²) in [6.07, 6.45) is 0. The normalized spacial score (nSPS) is 30.3. The summed E-state index contributed by atoms with van der Waals surface area (Å²) in [7, 11) is 0. The summed E-state index contributed by atoms with van der Waals surface area (Å²) in [5, 5.41) is 0. The van der Waals surface area contributed by atoms with Crippen LogP contribution in [0.2, 0.25) is 4.31 Å². The third kappa shape index (κ3) is 1.95. The Hall–Kier alpha value is -0.791. The van der Waals surface area contributed by atoms with E-state index in [0.717, 1.165) is 0 Å². The SMILES string of the molecule is C[C@@H]1COC(=O)[C@@]1(C)[Se]c1ccccc1. The molecule has 2 rings (SSSR count). The first kappa shape index (κ1) is 10.7. The van der Waals surface area contributed by atoms with E-state index < -0.39 is 0 Å². The molecule has 0 aromatic heterocycles. The Balaban J connectivity index is 2.21. The van der Waals surface area contributed by atoms with Gasteiger partial charge in [0.05, 0.1) is 0 Å². The van der Waals surface area contributed by atoms with Crippen molar-refractivity contribution >= 4 is 25.4 Å². The zero-order chi connectivity index (χ0) is 10.9. The molecule has 1 aromatic carbocycles. The van der Waals surface area contributed by atoms with Gasteiger partial charge in [0.15, 0.2) is 0 Å². The molecule has 0 radical (unpaired) electrons. The van der Waals surface area contributed by atoms with Crippen molar-refractivity contribution in [2.45, 2.75) is 18.2 Å². The summed E-state index contributed by atoms with van der Waals surface area (Å²) in [6.45, 7) is 4.69. The van der Waals surface area contributed by atoms with Gasteiger partial charge >= 0.3 is 95.9 Å². The molecular formula is C12H14O2Se. The van der Waals surface area contributed by atoms with Crippen LogP contribution in [0.15, 0.2) is 30.3 Å². The Morgan fingerprint density at radius 3 is 2.60 bits per heavy atom. The summed E-state index contributed by atoms with van der Waals surface area (Å²) in [4.78, 5) is 11.7. The molecule has 2 atom stereocenters. The first-order valence-corrected chi connectivity index (χ1v) is 6.75. The Labute approximate surface area is 96.2 Å². The van der Waals surface area contributed by atoms with E-state index in [9.17, 15) is 4.79 Å². The van der Waals surface area contributed by atoms with Crippen LogP contribution in [-0.2, 0) is 9.53 Å². The quantitative estimate of drug-likeness (QED) is 0.599. The van der Waals surface area contributed by atoms with Crippen LogP contribution in [0.5, 0.6) is 0 Å².